The van der Waals surface area contributed by atoms with Gasteiger partial charge in [0.05, 0.1) is 23.0 Å². The number of hydrogen-bond donors (Lipinski definition) is 1. The number of carboxylic acid groups (broad SMARTS) is 1. The highest BCUT2D eigenvalue weighted by atomic mass is 32.1. The minimum Gasteiger partial charge on any atom is -0.481 e. The van der Waals surface area contributed by atoms with Crippen molar-refractivity contribution >= 4 is 23.2 Å². The fraction of sp³-hybridized carbons (Fsp3) is 0.643. The molecule has 110 valence electrons. The molecule has 0 aliphatic carbocycles. The first-order valence-corrected chi connectivity index (χ1v) is 7.61. The van der Waals surface area contributed by atoms with E-state index < -0.39 is 11.9 Å². The molecule has 1 aromatic rings. The Bertz CT molecular complexity index is 519. The van der Waals surface area contributed by atoms with Crippen molar-refractivity contribution in [1.82, 2.24) is 9.88 Å². The van der Waals surface area contributed by atoms with Crippen LogP contribution < -0.4 is 0 Å². The first-order chi connectivity index (χ1) is 9.27. The average molecular weight is 296 g/mol. The molecule has 0 radical (unpaired) electrons. The maximum absolute atomic E-state index is 12.1. The lowest BCUT2D eigenvalue weighted by Crippen LogP contribution is -2.31. The number of aliphatic carboxylic acids is 1. The summed E-state index contributed by atoms with van der Waals surface area (Å²) in [5.74, 6) is -1.26. The minimum absolute atomic E-state index is 0.00594. The van der Waals surface area contributed by atoms with E-state index in [9.17, 15) is 9.59 Å². The van der Waals surface area contributed by atoms with Crippen LogP contribution in [0.2, 0.25) is 0 Å². The van der Waals surface area contributed by atoms with Gasteiger partial charge in [-0.25, -0.2) is 4.98 Å². The summed E-state index contributed by atoms with van der Waals surface area (Å²) in [5.41, 5.74) is 0.775. The molecule has 1 N–H and O–H groups in total. The number of carbonyl (C=O) groups is 2. The van der Waals surface area contributed by atoms with Crippen LogP contribution in [0.3, 0.4) is 0 Å². The highest BCUT2D eigenvalue weighted by molar-refractivity contribution is 7.09. The van der Waals surface area contributed by atoms with Gasteiger partial charge in [0.25, 0.3) is 0 Å². The SMILES string of the molecule is CC(C)(C)c1nc(CC(=O)N2CCC(C(=O)O)C2)cs1. The Morgan fingerprint density at radius 3 is 2.70 bits per heavy atom. The van der Waals surface area contributed by atoms with Crippen molar-refractivity contribution in [3.63, 3.8) is 0 Å². The number of likely N-dealkylation sites (tertiary alicyclic amines) is 1. The van der Waals surface area contributed by atoms with Gasteiger partial charge in [0.1, 0.15) is 0 Å². The minimum atomic E-state index is -0.816. The van der Waals surface area contributed by atoms with E-state index in [1.165, 1.54) is 0 Å². The van der Waals surface area contributed by atoms with Gasteiger partial charge in [-0.05, 0) is 6.42 Å². The molecule has 1 aliphatic heterocycles. The Morgan fingerprint density at radius 1 is 1.50 bits per heavy atom. The van der Waals surface area contributed by atoms with Gasteiger partial charge < -0.3 is 10.0 Å². The van der Waals surface area contributed by atoms with E-state index in [2.05, 4.69) is 25.8 Å². The molecule has 1 fully saturated rings. The third-order valence-corrected chi connectivity index (χ3v) is 4.73. The van der Waals surface area contributed by atoms with E-state index in [-0.39, 0.29) is 17.7 Å². The standard InChI is InChI=1S/C14H20N2O3S/c1-14(2,3)13-15-10(8-20-13)6-11(17)16-5-4-9(7-16)12(18)19/h8-9H,4-7H2,1-3H3,(H,18,19). The van der Waals surface area contributed by atoms with E-state index in [4.69, 9.17) is 5.11 Å². The van der Waals surface area contributed by atoms with Crippen LogP contribution in [-0.4, -0.2) is 40.0 Å². The zero-order valence-electron chi connectivity index (χ0n) is 12.0. The fourth-order valence-electron chi connectivity index (χ4n) is 2.19. The van der Waals surface area contributed by atoms with E-state index in [0.717, 1.165) is 10.7 Å². The fourth-order valence-corrected chi connectivity index (χ4v) is 3.09. The molecule has 0 bridgehead atoms. The lowest BCUT2D eigenvalue weighted by Gasteiger charge is -2.15. The van der Waals surface area contributed by atoms with Crippen molar-refractivity contribution in [1.29, 1.82) is 0 Å². The molecule has 1 saturated heterocycles. The molecule has 1 aromatic heterocycles. The lowest BCUT2D eigenvalue weighted by molar-refractivity contribution is -0.141. The number of carbonyl (C=O) groups excluding carboxylic acids is 1. The summed E-state index contributed by atoms with van der Waals surface area (Å²) >= 11 is 1.57. The number of amides is 1. The van der Waals surface area contributed by atoms with Crippen molar-refractivity contribution < 1.29 is 14.7 Å². The van der Waals surface area contributed by atoms with Gasteiger partial charge in [0.2, 0.25) is 5.91 Å². The van der Waals surface area contributed by atoms with Gasteiger partial charge in [0, 0.05) is 23.9 Å². The molecule has 1 aliphatic rings. The quantitative estimate of drug-likeness (QED) is 0.925. The van der Waals surface area contributed by atoms with Crippen LogP contribution in [0.4, 0.5) is 0 Å². The van der Waals surface area contributed by atoms with Crippen molar-refractivity contribution in [2.75, 3.05) is 13.1 Å². The molecule has 6 heteroatoms. The Kier molecular flexibility index (Phi) is 4.13. The molecule has 1 atom stereocenters. The van der Waals surface area contributed by atoms with Crippen LogP contribution in [0.1, 0.15) is 37.9 Å². The van der Waals surface area contributed by atoms with Crippen molar-refractivity contribution in [3.05, 3.63) is 16.1 Å². The van der Waals surface area contributed by atoms with Crippen LogP contribution >= 0.6 is 11.3 Å². The molecule has 1 unspecified atom stereocenters. The summed E-state index contributed by atoms with van der Waals surface area (Å²) < 4.78 is 0. The highest BCUT2D eigenvalue weighted by Gasteiger charge is 2.31. The van der Waals surface area contributed by atoms with Gasteiger partial charge in [-0.15, -0.1) is 11.3 Å². The molecule has 2 rings (SSSR count). The second kappa shape index (κ2) is 5.52. The third-order valence-electron chi connectivity index (χ3n) is 3.42. The highest BCUT2D eigenvalue weighted by Crippen LogP contribution is 2.26. The average Bonchev–Trinajstić information content (AvgIpc) is 2.95. The normalized spacial score (nSPS) is 19.4. The summed E-state index contributed by atoms with van der Waals surface area (Å²) in [5, 5.41) is 11.9. The molecule has 0 aromatic carbocycles. The second-order valence-corrected chi connectivity index (χ2v) is 7.09. The maximum Gasteiger partial charge on any atom is 0.308 e. The first-order valence-electron chi connectivity index (χ1n) is 6.73. The summed E-state index contributed by atoms with van der Waals surface area (Å²) in [4.78, 5) is 29.2. The lowest BCUT2D eigenvalue weighted by atomic mass is 9.98. The van der Waals surface area contributed by atoms with Crippen molar-refractivity contribution in [2.24, 2.45) is 5.92 Å². The van der Waals surface area contributed by atoms with Gasteiger partial charge in [-0.3, -0.25) is 9.59 Å². The number of hydrogen-bond acceptors (Lipinski definition) is 4. The van der Waals surface area contributed by atoms with E-state index >= 15 is 0 Å². The molecular formula is C14H20N2O3S. The molecular weight excluding hydrogens is 276 g/mol. The van der Waals surface area contributed by atoms with Gasteiger partial charge in [0.15, 0.2) is 0 Å². The van der Waals surface area contributed by atoms with Crippen LogP contribution in [0, 0.1) is 5.92 Å². The van der Waals surface area contributed by atoms with Crippen LogP contribution in [0.5, 0.6) is 0 Å². The summed E-state index contributed by atoms with van der Waals surface area (Å²) in [6.45, 7) is 7.14. The van der Waals surface area contributed by atoms with Crippen molar-refractivity contribution in [3.8, 4) is 0 Å². The molecule has 0 saturated carbocycles. The predicted octanol–water partition coefficient (Wildman–Crippen LogP) is 1.92. The number of thiazole rings is 1. The topological polar surface area (TPSA) is 70.5 Å². The summed E-state index contributed by atoms with van der Waals surface area (Å²) in [7, 11) is 0. The predicted molar refractivity (Wildman–Crippen MR) is 76.8 cm³/mol. The third kappa shape index (κ3) is 3.36. The Balaban J connectivity index is 1.95. The zero-order valence-corrected chi connectivity index (χ0v) is 12.9. The Morgan fingerprint density at radius 2 is 2.20 bits per heavy atom. The van der Waals surface area contributed by atoms with Crippen molar-refractivity contribution in [2.45, 2.75) is 39.0 Å². The van der Waals surface area contributed by atoms with Gasteiger partial charge >= 0.3 is 5.97 Å². The maximum atomic E-state index is 12.1. The van der Waals surface area contributed by atoms with E-state index in [1.807, 2.05) is 5.38 Å². The van der Waals surface area contributed by atoms with Gasteiger partial charge in [-0.1, -0.05) is 20.8 Å². The number of aromatic nitrogens is 1. The molecule has 1 amide bonds. The second-order valence-electron chi connectivity index (χ2n) is 6.23. The van der Waals surface area contributed by atoms with Crippen LogP contribution in [-0.2, 0) is 21.4 Å². The van der Waals surface area contributed by atoms with E-state index in [1.54, 1.807) is 16.2 Å². The Hall–Kier alpha value is -1.43. The zero-order chi connectivity index (χ0) is 14.9. The number of carboxylic acids is 1. The molecule has 0 spiro atoms. The molecule has 20 heavy (non-hydrogen) atoms. The molecule has 2 heterocycles. The Labute approximate surface area is 122 Å². The number of rotatable bonds is 3. The first kappa shape index (κ1) is 15.0. The van der Waals surface area contributed by atoms with E-state index in [0.29, 0.717) is 19.5 Å². The monoisotopic (exact) mass is 296 g/mol. The summed E-state index contributed by atoms with van der Waals surface area (Å²) in [6, 6.07) is 0. The largest absolute Gasteiger partial charge is 0.481 e. The summed E-state index contributed by atoms with van der Waals surface area (Å²) in [6.07, 6.45) is 0.810. The van der Waals surface area contributed by atoms with Crippen LogP contribution in [0.25, 0.3) is 0 Å². The smallest absolute Gasteiger partial charge is 0.308 e. The van der Waals surface area contributed by atoms with Gasteiger partial charge in [-0.2, -0.15) is 0 Å². The van der Waals surface area contributed by atoms with Crippen LogP contribution in [0.15, 0.2) is 5.38 Å². The number of nitrogens with zero attached hydrogens (tertiary/aromatic N) is 2. The molecule has 5 nitrogen and oxygen atoms in total.